The molecule has 0 aromatic heterocycles. The van der Waals surface area contributed by atoms with Crippen molar-refractivity contribution < 1.29 is 28.6 Å². The zero-order chi connectivity index (χ0) is 59.2. The molecule has 6 heteroatoms. The molecule has 1 atom stereocenters. The second kappa shape index (κ2) is 69.8. The van der Waals surface area contributed by atoms with E-state index in [0.717, 1.165) is 109 Å². The molecule has 1 unspecified atom stereocenters. The molecular formula is C76H132O6. The Morgan fingerprint density at radius 2 is 0.476 bits per heavy atom. The van der Waals surface area contributed by atoms with E-state index < -0.39 is 6.10 Å². The van der Waals surface area contributed by atoms with Crippen LogP contribution in [0.15, 0.2) is 97.2 Å². The molecule has 0 N–H and O–H groups in total. The Bertz CT molecular complexity index is 1590. The molecule has 0 bridgehead atoms. The Balaban J connectivity index is 4.43. The van der Waals surface area contributed by atoms with E-state index in [-0.39, 0.29) is 31.1 Å². The van der Waals surface area contributed by atoms with Crippen LogP contribution in [0.5, 0.6) is 0 Å². The van der Waals surface area contributed by atoms with Crippen LogP contribution in [-0.2, 0) is 28.6 Å². The molecule has 0 spiro atoms. The van der Waals surface area contributed by atoms with E-state index in [2.05, 4.69) is 118 Å². The molecular weight excluding hydrogens is 1010 g/mol. The maximum atomic E-state index is 13.0. The lowest BCUT2D eigenvalue weighted by Gasteiger charge is -2.18. The minimum atomic E-state index is -0.794. The van der Waals surface area contributed by atoms with Crippen molar-refractivity contribution in [2.75, 3.05) is 13.2 Å². The number of esters is 3. The second-order valence-electron chi connectivity index (χ2n) is 23.4. The summed E-state index contributed by atoms with van der Waals surface area (Å²) in [5.41, 5.74) is 0. The predicted molar refractivity (Wildman–Crippen MR) is 357 cm³/mol. The number of hydrogen-bond acceptors (Lipinski definition) is 6. The van der Waals surface area contributed by atoms with Gasteiger partial charge in [0.05, 0.1) is 0 Å². The summed E-state index contributed by atoms with van der Waals surface area (Å²) in [5.74, 6) is -0.904. The van der Waals surface area contributed by atoms with Gasteiger partial charge in [-0.25, -0.2) is 0 Å². The first-order chi connectivity index (χ1) is 40.5. The van der Waals surface area contributed by atoms with Crippen LogP contribution in [0.4, 0.5) is 0 Å². The van der Waals surface area contributed by atoms with E-state index >= 15 is 0 Å². The average molecular weight is 1140 g/mol. The average Bonchev–Trinajstić information content (AvgIpc) is 3.47. The van der Waals surface area contributed by atoms with Gasteiger partial charge in [-0.1, -0.05) is 323 Å². The SMILES string of the molecule is CC/C=C\C/C=C\C/C=C\C/C=C\C/C=C\C/C=C\C/C=C\CCCCCC(=O)OCC(COC(=O)CCCCCCCCCCC/C=C\CCCCCCCC)OC(=O)CCCCCCCCCCCCCCCCCCCCCC. The summed E-state index contributed by atoms with van der Waals surface area (Å²) in [6, 6.07) is 0. The van der Waals surface area contributed by atoms with Gasteiger partial charge >= 0.3 is 17.9 Å². The first-order valence-electron chi connectivity index (χ1n) is 35.2. The molecule has 6 nitrogen and oxygen atoms in total. The number of allylic oxidation sites excluding steroid dienone is 16. The van der Waals surface area contributed by atoms with Crippen LogP contribution < -0.4 is 0 Å². The number of carbonyl (C=O) groups excluding carboxylic acids is 3. The van der Waals surface area contributed by atoms with E-state index in [4.69, 9.17) is 14.2 Å². The van der Waals surface area contributed by atoms with Gasteiger partial charge < -0.3 is 14.2 Å². The van der Waals surface area contributed by atoms with Crippen molar-refractivity contribution in [1.29, 1.82) is 0 Å². The number of hydrogen-bond donors (Lipinski definition) is 0. The second-order valence-corrected chi connectivity index (χ2v) is 23.4. The maximum absolute atomic E-state index is 13.0. The van der Waals surface area contributed by atoms with Crippen molar-refractivity contribution in [2.45, 2.75) is 354 Å². The Hall–Kier alpha value is -3.67. The third-order valence-electron chi connectivity index (χ3n) is 15.3. The third-order valence-corrected chi connectivity index (χ3v) is 15.3. The highest BCUT2D eigenvalue weighted by atomic mass is 16.6. The summed E-state index contributed by atoms with van der Waals surface area (Å²) in [7, 11) is 0. The maximum Gasteiger partial charge on any atom is 0.306 e. The fourth-order valence-electron chi connectivity index (χ4n) is 10.1. The van der Waals surface area contributed by atoms with Gasteiger partial charge in [-0.05, 0) is 103 Å². The van der Waals surface area contributed by atoms with E-state index in [9.17, 15) is 14.4 Å². The zero-order valence-corrected chi connectivity index (χ0v) is 54.2. The van der Waals surface area contributed by atoms with Crippen molar-refractivity contribution in [3.8, 4) is 0 Å². The van der Waals surface area contributed by atoms with Gasteiger partial charge in [0.15, 0.2) is 6.10 Å². The summed E-state index contributed by atoms with van der Waals surface area (Å²) >= 11 is 0. The molecule has 472 valence electrons. The Morgan fingerprint density at radius 1 is 0.256 bits per heavy atom. The highest BCUT2D eigenvalue weighted by Gasteiger charge is 2.19. The smallest absolute Gasteiger partial charge is 0.306 e. The number of unbranched alkanes of at least 4 members (excludes halogenated alkanes) is 37. The topological polar surface area (TPSA) is 78.9 Å². The predicted octanol–water partition coefficient (Wildman–Crippen LogP) is 24.4. The zero-order valence-electron chi connectivity index (χ0n) is 54.2. The van der Waals surface area contributed by atoms with Crippen LogP contribution in [0.2, 0.25) is 0 Å². The number of ether oxygens (including phenoxy) is 3. The molecule has 82 heavy (non-hydrogen) atoms. The molecule has 0 rings (SSSR count). The van der Waals surface area contributed by atoms with Gasteiger partial charge in [-0.3, -0.25) is 14.4 Å². The lowest BCUT2D eigenvalue weighted by molar-refractivity contribution is -0.167. The Kier molecular flexibility index (Phi) is 66.7. The molecule has 0 aromatic rings. The van der Waals surface area contributed by atoms with Crippen LogP contribution in [0, 0.1) is 0 Å². The normalized spacial score (nSPS) is 12.7. The standard InChI is InChI=1S/C76H132O6/c1-4-7-10-13-16-19-22-25-28-31-34-36-37-38-39-40-43-45-48-51-54-57-60-63-66-69-75(78)81-72-73(71-80-74(77)68-65-62-59-56-53-50-47-44-41-33-30-27-24-21-18-15-12-9-6-3)82-76(79)70-67-64-61-58-55-52-49-46-42-35-32-29-26-23-20-17-14-11-8-5-2/h7,10,16,19,25,27-28,30,34,36,38-39,43,45,51,54,73H,4-6,8-9,11-15,17-18,20-24,26,29,31-33,35,37,40-42,44,46-50,52-53,55-72H2,1-3H3/b10-7-,19-16-,28-25-,30-27-,36-34-,39-38-,45-43-,54-51-. The van der Waals surface area contributed by atoms with Crippen LogP contribution in [0.25, 0.3) is 0 Å². The van der Waals surface area contributed by atoms with Gasteiger partial charge in [0, 0.05) is 19.3 Å². The monoisotopic (exact) mass is 1140 g/mol. The van der Waals surface area contributed by atoms with Gasteiger partial charge in [0.2, 0.25) is 0 Å². The fourth-order valence-corrected chi connectivity index (χ4v) is 10.1. The van der Waals surface area contributed by atoms with Crippen molar-refractivity contribution in [2.24, 2.45) is 0 Å². The van der Waals surface area contributed by atoms with Crippen molar-refractivity contribution in [1.82, 2.24) is 0 Å². The molecule has 0 fully saturated rings. The quantitative estimate of drug-likeness (QED) is 0.0261. The summed E-state index contributed by atoms with van der Waals surface area (Å²) in [6.45, 7) is 6.55. The largest absolute Gasteiger partial charge is 0.462 e. The minimum absolute atomic E-state index is 0.0864. The van der Waals surface area contributed by atoms with Crippen molar-refractivity contribution >= 4 is 17.9 Å². The van der Waals surface area contributed by atoms with Crippen LogP contribution in [0.1, 0.15) is 348 Å². The molecule has 0 aromatic carbocycles. The molecule has 0 saturated heterocycles. The molecule has 0 aliphatic heterocycles. The van der Waals surface area contributed by atoms with Crippen molar-refractivity contribution in [3.63, 3.8) is 0 Å². The van der Waals surface area contributed by atoms with E-state index in [0.29, 0.717) is 19.3 Å². The highest BCUT2D eigenvalue weighted by molar-refractivity contribution is 5.71. The molecule has 0 aliphatic carbocycles. The molecule has 0 aliphatic rings. The number of rotatable bonds is 64. The van der Waals surface area contributed by atoms with Crippen LogP contribution >= 0.6 is 0 Å². The van der Waals surface area contributed by atoms with Crippen molar-refractivity contribution in [3.05, 3.63) is 97.2 Å². The number of carbonyl (C=O) groups is 3. The lowest BCUT2D eigenvalue weighted by Crippen LogP contribution is -2.30. The highest BCUT2D eigenvalue weighted by Crippen LogP contribution is 2.17. The van der Waals surface area contributed by atoms with Gasteiger partial charge in [0.25, 0.3) is 0 Å². The van der Waals surface area contributed by atoms with Crippen LogP contribution in [0.3, 0.4) is 0 Å². The lowest BCUT2D eigenvalue weighted by atomic mass is 10.0. The minimum Gasteiger partial charge on any atom is -0.462 e. The Morgan fingerprint density at radius 3 is 0.768 bits per heavy atom. The molecule has 0 saturated carbocycles. The summed E-state index contributed by atoms with van der Waals surface area (Å²) in [5, 5.41) is 0. The molecule has 0 amide bonds. The van der Waals surface area contributed by atoms with Gasteiger partial charge in [-0.2, -0.15) is 0 Å². The fraction of sp³-hybridized carbons (Fsp3) is 0.750. The summed E-state index contributed by atoms with van der Waals surface area (Å²) in [6.07, 6.45) is 94.2. The first-order valence-corrected chi connectivity index (χ1v) is 35.2. The van der Waals surface area contributed by atoms with E-state index in [1.807, 2.05) is 0 Å². The van der Waals surface area contributed by atoms with E-state index in [1.54, 1.807) is 0 Å². The van der Waals surface area contributed by atoms with Crippen LogP contribution in [-0.4, -0.2) is 37.2 Å². The summed E-state index contributed by atoms with van der Waals surface area (Å²) in [4.78, 5) is 38.5. The first kappa shape index (κ1) is 78.3. The third kappa shape index (κ3) is 67.1. The van der Waals surface area contributed by atoms with Gasteiger partial charge in [-0.15, -0.1) is 0 Å². The molecule has 0 heterocycles. The van der Waals surface area contributed by atoms with Gasteiger partial charge in [0.1, 0.15) is 13.2 Å². The summed E-state index contributed by atoms with van der Waals surface area (Å²) < 4.78 is 17.0. The van der Waals surface area contributed by atoms with E-state index in [1.165, 1.54) is 199 Å². The molecule has 0 radical (unpaired) electrons. The Labute approximate surface area is 508 Å².